The van der Waals surface area contributed by atoms with E-state index in [2.05, 4.69) is 5.32 Å². The maximum Gasteiger partial charge on any atom is 0.257 e. The Hall–Kier alpha value is -3.98. The van der Waals surface area contributed by atoms with Gasteiger partial charge in [-0.05, 0) is 72.7 Å². The highest BCUT2D eigenvalue weighted by Crippen LogP contribution is 2.29. The standard InChI is InChI=1S/C27H26FN3O4S/c1-34-23-13-8-18(16-24(23)35-2)14-15-30(27(36)29-20-6-4-3-5-7-20)22-17-25(32)31(26(22)33)21-11-9-19(28)10-12-21/h3-13,16,22H,14-15,17H2,1-2H3,(H,29,36). The molecule has 0 bridgehead atoms. The molecule has 1 fully saturated rings. The van der Waals surface area contributed by atoms with E-state index in [4.69, 9.17) is 21.7 Å². The third kappa shape index (κ3) is 5.46. The van der Waals surface area contributed by atoms with Gasteiger partial charge in [0.05, 0.1) is 26.3 Å². The van der Waals surface area contributed by atoms with Crippen LogP contribution in [0.15, 0.2) is 72.8 Å². The fourth-order valence-corrected chi connectivity index (χ4v) is 4.46. The van der Waals surface area contributed by atoms with E-state index in [0.29, 0.717) is 35.3 Å². The molecule has 1 atom stereocenters. The first-order valence-corrected chi connectivity index (χ1v) is 11.8. The first-order valence-electron chi connectivity index (χ1n) is 11.4. The molecular weight excluding hydrogens is 481 g/mol. The summed E-state index contributed by atoms with van der Waals surface area (Å²) in [5, 5.41) is 3.50. The SMILES string of the molecule is COc1ccc(CCN(C(=S)Nc2ccccc2)C2CC(=O)N(c3ccc(F)cc3)C2=O)cc1OC. The minimum Gasteiger partial charge on any atom is -0.493 e. The lowest BCUT2D eigenvalue weighted by molar-refractivity contribution is -0.122. The molecule has 1 unspecified atom stereocenters. The second-order valence-electron chi connectivity index (χ2n) is 8.19. The fraction of sp³-hybridized carbons (Fsp3) is 0.222. The Kier molecular flexibility index (Phi) is 7.80. The van der Waals surface area contributed by atoms with E-state index >= 15 is 0 Å². The molecule has 0 spiro atoms. The quantitative estimate of drug-likeness (QED) is 0.358. The van der Waals surface area contributed by atoms with Crippen molar-refractivity contribution in [3.8, 4) is 11.5 Å². The van der Waals surface area contributed by atoms with Crippen molar-refractivity contribution in [1.29, 1.82) is 0 Å². The van der Waals surface area contributed by atoms with Gasteiger partial charge < -0.3 is 19.7 Å². The third-order valence-corrected chi connectivity index (χ3v) is 6.30. The monoisotopic (exact) mass is 507 g/mol. The normalized spacial score (nSPS) is 15.1. The molecule has 1 aliphatic heterocycles. The lowest BCUT2D eigenvalue weighted by atomic mass is 10.1. The van der Waals surface area contributed by atoms with Gasteiger partial charge in [-0.15, -0.1) is 0 Å². The number of hydrogen-bond donors (Lipinski definition) is 1. The van der Waals surface area contributed by atoms with Crippen molar-refractivity contribution >= 4 is 40.5 Å². The molecule has 36 heavy (non-hydrogen) atoms. The average Bonchev–Trinajstić information content (AvgIpc) is 3.18. The predicted octanol–water partition coefficient (Wildman–Crippen LogP) is 4.42. The van der Waals surface area contributed by atoms with Crippen LogP contribution in [0, 0.1) is 5.82 Å². The summed E-state index contributed by atoms with van der Waals surface area (Å²) in [6.45, 7) is 0.370. The number of para-hydroxylation sites is 1. The Morgan fingerprint density at radius 2 is 1.72 bits per heavy atom. The van der Waals surface area contributed by atoms with Crippen LogP contribution in [0.2, 0.25) is 0 Å². The molecule has 7 nitrogen and oxygen atoms in total. The number of anilines is 2. The molecular formula is C27H26FN3O4S. The average molecular weight is 508 g/mol. The van der Waals surface area contributed by atoms with Gasteiger partial charge in [-0.25, -0.2) is 9.29 Å². The van der Waals surface area contributed by atoms with Gasteiger partial charge >= 0.3 is 0 Å². The largest absolute Gasteiger partial charge is 0.493 e. The molecule has 2 amide bonds. The van der Waals surface area contributed by atoms with Gasteiger partial charge in [0.15, 0.2) is 16.6 Å². The van der Waals surface area contributed by atoms with Crippen molar-refractivity contribution in [2.75, 3.05) is 31.0 Å². The zero-order valence-corrected chi connectivity index (χ0v) is 20.8. The number of nitrogens with one attached hydrogen (secondary N) is 1. The molecule has 3 aromatic rings. The van der Waals surface area contributed by atoms with E-state index in [1.165, 1.54) is 24.3 Å². The van der Waals surface area contributed by atoms with E-state index in [1.54, 1.807) is 19.1 Å². The fourth-order valence-electron chi connectivity index (χ4n) is 4.12. The van der Waals surface area contributed by atoms with E-state index in [0.717, 1.165) is 16.2 Å². The molecule has 3 aromatic carbocycles. The summed E-state index contributed by atoms with van der Waals surface area (Å²) in [6.07, 6.45) is 0.490. The lowest BCUT2D eigenvalue weighted by Gasteiger charge is -2.30. The zero-order valence-electron chi connectivity index (χ0n) is 19.9. The Balaban J connectivity index is 1.59. The Bertz CT molecular complexity index is 1250. The van der Waals surface area contributed by atoms with Crippen LogP contribution in [0.5, 0.6) is 11.5 Å². The summed E-state index contributed by atoms with van der Waals surface area (Å²) in [6, 6.07) is 19.5. The summed E-state index contributed by atoms with van der Waals surface area (Å²) in [7, 11) is 3.14. The first kappa shape index (κ1) is 25.1. The second kappa shape index (κ2) is 11.2. The third-order valence-electron chi connectivity index (χ3n) is 5.96. The number of methoxy groups -OCH3 is 2. The van der Waals surface area contributed by atoms with Crippen LogP contribution in [-0.4, -0.2) is 48.6 Å². The van der Waals surface area contributed by atoms with Gasteiger partial charge in [0.2, 0.25) is 5.91 Å². The number of carbonyl (C=O) groups is 2. The van der Waals surface area contributed by atoms with Gasteiger partial charge in [0.1, 0.15) is 11.9 Å². The Morgan fingerprint density at radius 1 is 1.03 bits per heavy atom. The molecule has 4 rings (SSSR count). The van der Waals surface area contributed by atoms with E-state index in [9.17, 15) is 14.0 Å². The topological polar surface area (TPSA) is 71.1 Å². The molecule has 9 heteroatoms. The van der Waals surface area contributed by atoms with Crippen molar-refractivity contribution in [2.24, 2.45) is 0 Å². The van der Waals surface area contributed by atoms with Crippen LogP contribution in [0.25, 0.3) is 0 Å². The van der Waals surface area contributed by atoms with Crippen LogP contribution in [0.4, 0.5) is 15.8 Å². The Morgan fingerprint density at radius 3 is 2.39 bits per heavy atom. The van der Waals surface area contributed by atoms with E-state index < -0.39 is 17.8 Å². The Labute approximate surface area is 214 Å². The summed E-state index contributed by atoms with van der Waals surface area (Å²) in [4.78, 5) is 29.2. The van der Waals surface area contributed by atoms with E-state index in [-0.39, 0.29) is 12.3 Å². The second-order valence-corrected chi connectivity index (χ2v) is 8.58. The number of halogens is 1. The predicted molar refractivity (Wildman–Crippen MR) is 140 cm³/mol. The van der Waals surface area contributed by atoms with Crippen LogP contribution in [0.3, 0.4) is 0 Å². The number of imide groups is 1. The number of benzene rings is 3. The molecule has 0 saturated carbocycles. The van der Waals surface area contributed by atoms with Gasteiger partial charge in [-0.1, -0.05) is 24.3 Å². The van der Waals surface area contributed by atoms with Crippen molar-refractivity contribution < 1.29 is 23.5 Å². The molecule has 1 aliphatic rings. The molecule has 0 radical (unpaired) electrons. The lowest BCUT2D eigenvalue weighted by Crippen LogP contribution is -2.48. The highest BCUT2D eigenvalue weighted by molar-refractivity contribution is 7.80. The smallest absolute Gasteiger partial charge is 0.257 e. The molecule has 1 N–H and O–H groups in total. The van der Waals surface area contributed by atoms with Crippen molar-refractivity contribution in [3.05, 3.63) is 84.2 Å². The number of thiocarbonyl (C=S) groups is 1. The van der Waals surface area contributed by atoms with Crippen LogP contribution < -0.4 is 19.7 Å². The van der Waals surface area contributed by atoms with Crippen molar-refractivity contribution in [1.82, 2.24) is 4.90 Å². The van der Waals surface area contributed by atoms with Crippen LogP contribution >= 0.6 is 12.2 Å². The van der Waals surface area contributed by atoms with Gasteiger partial charge in [-0.2, -0.15) is 0 Å². The number of amides is 2. The summed E-state index contributed by atoms with van der Waals surface area (Å²) < 4.78 is 24.1. The number of nitrogens with zero attached hydrogens (tertiary/aromatic N) is 2. The van der Waals surface area contributed by atoms with E-state index in [1.807, 2.05) is 48.5 Å². The highest BCUT2D eigenvalue weighted by atomic mass is 32.1. The maximum absolute atomic E-state index is 13.4. The molecule has 0 aliphatic carbocycles. The first-order chi connectivity index (χ1) is 17.4. The highest BCUT2D eigenvalue weighted by Gasteiger charge is 2.43. The summed E-state index contributed by atoms with van der Waals surface area (Å²) in [5.41, 5.74) is 2.05. The van der Waals surface area contributed by atoms with Crippen molar-refractivity contribution in [2.45, 2.75) is 18.9 Å². The molecule has 1 saturated heterocycles. The van der Waals surface area contributed by atoms with Crippen LogP contribution in [-0.2, 0) is 16.0 Å². The van der Waals surface area contributed by atoms with Gasteiger partial charge in [-0.3, -0.25) is 9.59 Å². The van der Waals surface area contributed by atoms with Crippen LogP contribution in [0.1, 0.15) is 12.0 Å². The molecule has 0 aromatic heterocycles. The number of rotatable bonds is 8. The minimum absolute atomic E-state index is 0.0429. The number of carbonyl (C=O) groups excluding carboxylic acids is 2. The van der Waals surface area contributed by atoms with Gasteiger partial charge in [0.25, 0.3) is 5.91 Å². The number of ether oxygens (including phenoxy) is 2. The molecule has 186 valence electrons. The maximum atomic E-state index is 13.4. The van der Waals surface area contributed by atoms with Gasteiger partial charge in [0, 0.05) is 12.2 Å². The molecule has 1 heterocycles. The minimum atomic E-state index is -0.800. The number of hydrogen-bond acceptors (Lipinski definition) is 5. The summed E-state index contributed by atoms with van der Waals surface area (Å²) >= 11 is 5.70. The zero-order chi connectivity index (χ0) is 25.7. The van der Waals surface area contributed by atoms with Crippen molar-refractivity contribution in [3.63, 3.8) is 0 Å². The summed E-state index contributed by atoms with van der Waals surface area (Å²) in [5.74, 6) is -0.00225.